The van der Waals surface area contributed by atoms with Crippen LogP contribution in [0.5, 0.6) is 0 Å². The van der Waals surface area contributed by atoms with Crippen molar-refractivity contribution in [1.29, 1.82) is 0 Å². The highest BCUT2D eigenvalue weighted by atomic mass is 16.2. The number of nitrogens with one attached hydrogen (secondary N) is 3. The molecule has 0 saturated carbocycles. The lowest BCUT2D eigenvalue weighted by atomic mass is 10.4. The highest BCUT2D eigenvalue weighted by Crippen LogP contribution is 1.79. The molecule has 0 atom stereocenters. The lowest BCUT2D eigenvalue weighted by molar-refractivity contribution is -0.123. The van der Waals surface area contributed by atoms with Gasteiger partial charge in [0.15, 0.2) is 0 Å². The Morgan fingerprint density at radius 3 is 2.40 bits per heavy atom. The third kappa shape index (κ3) is 8.55. The highest BCUT2D eigenvalue weighted by molar-refractivity contribution is 5.85. The van der Waals surface area contributed by atoms with Gasteiger partial charge in [-0.3, -0.25) is 9.59 Å². The van der Waals surface area contributed by atoms with Crippen molar-refractivity contribution in [3.8, 4) is 0 Å². The zero-order valence-electron chi connectivity index (χ0n) is 8.93. The summed E-state index contributed by atoms with van der Waals surface area (Å²) < 4.78 is 0. The molecule has 0 aromatic rings. The molecule has 3 N–H and O–H groups in total. The molecule has 0 aromatic heterocycles. The minimum absolute atomic E-state index is 0.0674. The number of carbonyl (C=O) groups excluding carboxylic acids is 2. The average Bonchev–Trinajstić information content (AvgIpc) is 2.20. The van der Waals surface area contributed by atoms with Crippen LogP contribution in [0.1, 0.15) is 6.92 Å². The molecular weight excluding hydrogens is 194 g/mol. The lowest BCUT2D eigenvalue weighted by Gasteiger charge is -2.09. The van der Waals surface area contributed by atoms with E-state index in [1.54, 1.807) is 6.20 Å². The maximum atomic E-state index is 11.1. The van der Waals surface area contributed by atoms with Crippen LogP contribution >= 0.6 is 0 Å². The van der Waals surface area contributed by atoms with Gasteiger partial charge in [0, 0.05) is 5.70 Å². The number of hydrogen-bond donors (Lipinski definition) is 3. The summed E-state index contributed by atoms with van der Waals surface area (Å²) in [4.78, 5) is 21.7. The summed E-state index contributed by atoms with van der Waals surface area (Å²) >= 11 is 0. The number of rotatable bonds is 8. The molecule has 0 aliphatic carbocycles. The van der Waals surface area contributed by atoms with Gasteiger partial charge in [-0.25, -0.2) is 0 Å². The fraction of sp³-hybridized carbons (Fsp3) is 0.400. The van der Waals surface area contributed by atoms with Gasteiger partial charge >= 0.3 is 0 Å². The van der Waals surface area contributed by atoms with Crippen LogP contribution in [-0.2, 0) is 9.59 Å². The van der Waals surface area contributed by atoms with Gasteiger partial charge in [0.25, 0.3) is 0 Å². The molecule has 0 aromatic carbocycles. The number of ketones is 1. The molecule has 5 nitrogen and oxygen atoms in total. The number of carbonyl (C=O) groups is 2. The molecule has 0 rings (SSSR count). The molecule has 0 unspecified atom stereocenters. The summed E-state index contributed by atoms with van der Waals surface area (Å²) in [5.41, 5.74) is 0.688. The predicted octanol–water partition coefficient (Wildman–Crippen LogP) is -0.472. The minimum Gasteiger partial charge on any atom is -0.386 e. The van der Waals surface area contributed by atoms with E-state index in [1.165, 1.54) is 6.92 Å². The Morgan fingerprint density at radius 2 is 1.87 bits per heavy atom. The monoisotopic (exact) mass is 211 g/mol. The molecule has 84 valence electrons. The minimum atomic E-state index is -0.232. The van der Waals surface area contributed by atoms with E-state index in [0.29, 0.717) is 12.2 Å². The van der Waals surface area contributed by atoms with Crippen molar-refractivity contribution in [3.05, 3.63) is 25.1 Å². The summed E-state index contributed by atoms with van der Waals surface area (Å²) in [5.74, 6) is -0.305. The molecule has 5 heteroatoms. The molecule has 0 aliphatic heterocycles. The van der Waals surface area contributed by atoms with Gasteiger partial charge < -0.3 is 16.0 Å². The second kappa shape index (κ2) is 7.61. The SMILES string of the molecule is C=CNCC(=C)NCC(=O)NCC(C)=O. The van der Waals surface area contributed by atoms with Crippen LogP contribution in [0, 0.1) is 0 Å². The molecule has 0 radical (unpaired) electrons. The van der Waals surface area contributed by atoms with E-state index in [2.05, 4.69) is 29.1 Å². The van der Waals surface area contributed by atoms with Gasteiger partial charge in [-0.2, -0.15) is 0 Å². The first-order chi connectivity index (χ1) is 7.06. The Kier molecular flexibility index (Phi) is 6.70. The van der Waals surface area contributed by atoms with Crippen molar-refractivity contribution < 1.29 is 9.59 Å². The van der Waals surface area contributed by atoms with E-state index in [0.717, 1.165) is 0 Å². The summed E-state index contributed by atoms with van der Waals surface area (Å²) in [6.45, 7) is 9.29. The smallest absolute Gasteiger partial charge is 0.239 e. The quantitative estimate of drug-likeness (QED) is 0.507. The van der Waals surface area contributed by atoms with Gasteiger partial charge in [0.2, 0.25) is 5.91 Å². The Balaban J connectivity index is 3.57. The summed E-state index contributed by atoms with van der Waals surface area (Å²) in [6, 6.07) is 0. The Morgan fingerprint density at radius 1 is 1.20 bits per heavy atom. The third-order valence-electron chi connectivity index (χ3n) is 1.49. The largest absolute Gasteiger partial charge is 0.386 e. The molecule has 0 heterocycles. The van der Waals surface area contributed by atoms with Gasteiger partial charge in [-0.05, 0) is 13.1 Å². The van der Waals surface area contributed by atoms with Crippen LogP contribution in [0.4, 0.5) is 0 Å². The molecule has 0 bridgehead atoms. The first kappa shape index (κ1) is 13.2. The normalized spacial score (nSPS) is 8.87. The van der Waals surface area contributed by atoms with Crippen molar-refractivity contribution in [2.24, 2.45) is 0 Å². The van der Waals surface area contributed by atoms with Crippen LogP contribution in [-0.4, -0.2) is 31.3 Å². The molecule has 0 spiro atoms. The predicted molar refractivity (Wildman–Crippen MR) is 59.0 cm³/mol. The van der Waals surface area contributed by atoms with Crippen LogP contribution < -0.4 is 16.0 Å². The molecule has 0 saturated heterocycles. The first-order valence-electron chi connectivity index (χ1n) is 4.58. The van der Waals surface area contributed by atoms with Gasteiger partial charge in [-0.1, -0.05) is 13.2 Å². The molecule has 1 amide bonds. The molecule has 0 aliphatic rings. The van der Waals surface area contributed by atoms with E-state index in [4.69, 9.17) is 0 Å². The zero-order chi connectivity index (χ0) is 11.7. The maximum Gasteiger partial charge on any atom is 0.239 e. The van der Waals surface area contributed by atoms with E-state index < -0.39 is 0 Å². The molecule has 0 fully saturated rings. The average molecular weight is 211 g/mol. The topological polar surface area (TPSA) is 70.2 Å². The summed E-state index contributed by atoms with van der Waals surface area (Å²) in [7, 11) is 0. The second-order valence-electron chi connectivity index (χ2n) is 3.02. The second-order valence-corrected chi connectivity index (χ2v) is 3.02. The van der Waals surface area contributed by atoms with Crippen molar-refractivity contribution >= 4 is 11.7 Å². The fourth-order valence-electron chi connectivity index (χ4n) is 0.749. The fourth-order valence-corrected chi connectivity index (χ4v) is 0.749. The van der Waals surface area contributed by atoms with E-state index in [-0.39, 0.29) is 24.8 Å². The Hall–Kier alpha value is -1.78. The van der Waals surface area contributed by atoms with Gasteiger partial charge in [-0.15, -0.1) is 0 Å². The number of amides is 1. The molecular formula is C10H17N3O2. The summed E-state index contributed by atoms with van der Waals surface area (Å²) in [6.07, 6.45) is 1.54. The van der Waals surface area contributed by atoms with Crippen molar-refractivity contribution in [1.82, 2.24) is 16.0 Å². The van der Waals surface area contributed by atoms with E-state index >= 15 is 0 Å². The Labute approximate surface area is 89.6 Å². The van der Waals surface area contributed by atoms with Crippen LogP contribution in [0.15, 0.2) is 25.1 Å². The number of hydrogen-bond acceptors (Lipinski definition) is 4. The van der Waals surface area contributed by atoms with Crippen LogP contribution in [0.2, 0.25) is 0 Å². The van der Waals surface area contributed by atoms with Crippen molar-refractivity contribution in [2.75, 3.05) is 19.6 Å². The molecule has 15 heavy (non-hydrogen) atoms. The van der Waals surface area contributed by atoms with Gasteiger partial charge in [0.1, 0.15) is 5.78 Å². The maximum absolute atomic E-state index is 11.1. The van der Waals surface area contributed by atoms with Crippen LogP contribution in [0.3, 0.4) is 0 Å². The summed E-state index contributed by atoms with van der Waals surface area (Å²) in [5, 5.41) is 8.11. The van der Waals surface area contributed by atoms with E-state index in [9.17, 15) is 9.59 Å². The zero-order valence-corrected chi connectivity index (χ0v) is 8.93. The first-order valence-corrected chi connectivity index (χ1v) is 4.58. The lowest BCUT2D eigenvalue weighted by Crippen LogP contribution is -2.37. The standard InChI is InChI=1S/C10H17N3O2/c1-4-11-5-8(2)12-7-10(15)13-6-9(3)14/h4,11-12H,1-2,5-7H2,3H3,(H,13,15). The van der Waals surface area contributed by atoms with Crippen molar-refractivity contribution in [3.63, 3.8) is 0 Å². The Bertz CT molecular complexity index is 261. The third-order valence-corrected chi connectivity index (χ3v) is 1.49. The van der Waals surface area contributed by atoms with Gasteiger partial charge in [0.05, 0.1) is 19.6 Å². The van der Waals surface area contributed by atoms with Crippen molar-refractivity contribution in [2.45, 2.75) is 6.92 Å². The van der Waals surface area contributed by atoms with Crippen LogP contribution in [0.25, 0.3) is 0 Å². The van der Waals surface area contributed by atoms with E-state index in [1.807, 2.05) is 0 Å². The number of Topliss-reactive ketones (excluding diaryl/α,β-unsaturated/α-hetero) is 1. The highest BCUT2D eigenvalue weighted by Gasteiger charge is 2.01.